The number of nitrogens with one attached hydrogen (secondary N) is 1. The van der Waals surface area contributed by atoms with Crippen LogP contribution < -0.4 is 5.32 Å². The molecule has 1 aliphatic rings. The summed E-state index contributed by atoms with van der Waals surface area (Å²) in [5, 5.41) is 8.02. The second kappa shape index (κ2) is 7.33. The van der Waals surface area contributed by atoms with Crippen molar-refractivity contribution in [3.05, 3.63) is 12.2 Å². The van der Waals surface area contributed by atoms with Crippen molar-refractivity contribution < 1.29 is 0 Å². The Kier molecular flexibility index (Phi) is 5.72. The first-order chi connectivity index (χ1) is 10.0. The van der Waals surface area contributed by atoms with Crippen molar-refractivity contribution in [2.45, 2.75) is 45.3 Å². The lowest BCUT2D eigenvalue weighted by Crippen LogP contribution is -2.59. The highest BCUT2D eigenvalue weighted by Crippen LogP contribution is 2.15. The van der Waals surface area contributed by atoms with Gasteiger partial charge in [0.05, 0.1) is 0 Å². The van der Waals surface area contributed by atoms with E-state index in [0.29, 0.717) is 18.1 Å². The van der Waals surface area contributed by atoms with Crippen molar-refractivity contribution in [3.8, 4) is 0 Å². The van der Waals surface area contributed by atoms with Crippen LogP contribution in [0.2, 0.25) is 0 Å². The molecule has 2 rings (SSSR count). The van der Waals surface area contributed by atoms with Gasteiger partial charge in [0.15, 0.2) is 0 Å². The summed E-state index contributed by atoms with van der Waals surface area (Å²) in [6.07, 6.45) is 2.60. The Hall–Kier alpha value is -0.980. The summed E-state index contributed by atoms with van der Waals surface area (Å²) in [5.74, 6) is 1.08. The first kappa shape index (κ1) is 16.4. The summed E-state index contributed by atoms with van der Waals surface area (Å²) in [7, 11) is 4.44. The molecule has 1 saturated heterocycles. The molecule has 0 aliphatic carbocycles. The Morgan fingerprint density at radius 3 is 2.76 bits per heavy atom. The van der Waals surface area contributed by atoms with Gasteiger partial charge in [0.1, 0.15) is 12.2 Å². The number of piperazine rings is 1. The number of hydrogen-bond donors (Lipinski definition) is 1. The third kappa shape index (κ3) is 4.02. The second-order valence-corrected chi connectivity index (χ2v) is 6.39. The van der Waals surface area contributed by atoms with E-state index in [4.69, 9.17) is 0 Å². The van der Waals surface area contributed by atoms with E-state index in [1.807, 2.05) is 4.68 Å². The maximum Gasteiger partial charge on any atom is 0.138 e. The number of nitrogens with zero attached hydrogens (tertiary/aromatic N) is 5. The van der Waals surface area contributed by atoms with Gasteiger partial charge in [-0.15, -0.1) is 0 Å². The zero-order valence-corrected chi connectivity index (χ0v) is 14.1. The molecule has 1 fully saturated rings. The third-order valence-corrected chi connectivity index (χ3v) is 4.37. The molecule has 0 bridgehead atoms. The van der Waals surface area contributed by atoms with E-state index < -0.39 is 0 Å². The van der Waals surface area contributed by atoms with Gasteiger partial charge < -0.3 is 10.2 Å². The molecule has 0 spiro atoms. The molecular weight excluding hydrogens is 264 g/mol. The Morgan fingerprint density at radius 2 is 2.10 bits per heavy atom. The lowest BCUT2D eigenvalue weighted by atomic mass is 10.00. The molecule has 2 heterocycles. The van der Waals surface area contributed by atoms with Gasteiger partial charge in [0.25, 0.3) is 0 Å². The highest BCUT2D eigenvalue weighted by Gasteiger charge is 2.30. The van der Waals surface area contributed by atoms with Crippen LogP contribution in [0.4, 0.5) is 0 Å². The maximum atomic E-state index is 4.48. The van der Waals surface area contributed by atoms with Crippen molar-refractivity contribution in [2.75, 3.05) is 40.3 Å². The summed E-state index contributed by atoms with van der Waals surface area (Å²) in [6.45, 7) is 10.8. The van der Waals surface area contributed by atoms with E-state index >= 15 is 0 Å². The largest absolute Gasteiger partial charge is 0.312 e. The summed E-state index contributed by atoms with van der Waals surface area (Å²) in [5.41, 5.74) is 0. The molecular formula is C15H30N6. The van der Waals surface area contributed by atoms with E-state index in [9.17, 15) is 0 Å². The minimum atomic E-state index is 0.358. The zero-order valence-electron chi connectivity index (χ0n) is 14.1. The van der Waals surface area contributed by atoms with Gasteiger partial charge in [0.2, 0.25) is 0 Å². The molecule has 1 N–H and O–H groups in total. The van der Waals surface area contributed by atoms with Crippen LogP contribution in [0.3, 0.4) is 0 Å². The number of aromatic nitrogens is 3. The van der Waals surface area contributed by atoms with Crippen molar-refractivity contribution in [1.29, 1.82) is 0 Å². The number of likely N-dealkylation sites (N-methyl/N-ethyl adjacent to an activating group) is 3. The fraction of sp³-hybridized carbons (Fsp3) is 0.867. The Balaban J connectivity index is 2.12. The molecule has 0 amide bonds. The van der Waals surface area contributed by atoms with Gasteiger partial charge >= 0.3 is 0 Å². The fourth-order valence-electron chi connectivity index (χ4n) is 3.13. The first-order valence-electron chi connectivity index (χ1n) is 8.03. The lowest BCUT2D eigenvalue weighted by molar-refractivity contribution is 0.0871. The summed E-state index contributed by atoms with van der Waals surface area (Å²) < 4.78 is 2.04. The molecule has 1 aromatic rings. The second-order valence-electron chi connectivity index (χ2n) is 6.39. The van der Waals surface area contributed by atoms with E-state index in [0.717, 1.165) is 38.4 Å². The Bertz CT molecular complexity index is 430. The monoisotopic (exact) mass is 294 g/mol. The van der Waals surface area contributed by atoms with Crippen LogP contribution in [0.5, 0.6) is 0 Å². The van der Waals surface area contributed by atoms with Crippen LogP contribution in [0, 0.1) is 0 Å². The Labute approximate surface area is 128 Å². The lowest BCUT2D eigenvalue weighted by Gasteiger charge is -2.42. The minimum absolute atomic E-state index is 0.358. The van der Waals surface area contributed by atoms with Gasteiger partial charge in [-0.05, 0) is 34.5 Å². The average molecular weight is 294 g/mol. The van der Waals surface area contributed by atoms with Crippen LogP contribution in [0.15, 0.2) is 6.33 Å². The number of rotatable bonds is 6. The SMILES string of the molecule is CCNC(Cc1ncnn1C(C)C)C1CN(C)CCN1C. The normalized spacial score (nSPS) is 22.9. The topological polar surface area (TPSA) is 49.2 Å². The molecule has 2 unspecified atom stereocenters. The molecule has 6 heteroatoms. The first-order valence-corrected chi connectivity index (χ1v) is 8.03. The summed E-state index contributed by atoms with van der Waals surface area (Å²) >= 11 is 0. The molecule has 21 heavy (non-hydrogen) atoms. The molecule has 1 aliphatic heterocycles. The van der Waals surface area contributed by atoms with Gasteiger partial charge in [-0.2, -0.15) is 5.10 Å². The van der Waals surface area contributed by atoms with Gasteiger partial charge in [-0.3, -0.25) is 4.90 Å². The molecule has 0 saturated carbocycles. The minimum Gasteiger partial charge on any atom is -0.312 e. The standard InChI is InChI=1S/C15H30N6/c1-6-16-13(14-10-19(4)7-8-20(14)5)9-15-17-11-18-21(15)12(2)3/h11-14,16H,6-10H2,1-5H3. The predicted octanol–water partition coefficient (Wildman–Crippen LogP) is 0.625. The Morgan fingerprint density at radius 1 is 1.33 bits per heavy atom. The zero-order chi connectivity index (χ0) is 15.4. The number of hydrogen-bond acceptors (Lipinski definition) is 5. The molecule has 120 valence electrons. The van der Waals surface area contributed by atoms with E-state index in [1.54, 1.807) is 6.33 Å². The molecule has 0 aromatic carbocycles. The van der Waals surface area contributed by atoms with E-state index in [1.165, 1.54) is 0 Å². The highest BCUT2D eigenvalue weighted by molar-refractivity contribution is 4.97. The summed E-state index contributed by atoms with van der Waals surface area (Å²) in [4.78, 5) is 9.37. The van der Waals surface area contributed by atoms with Crippen molar-refractivity contribution in [2.24, 2.45) is 0 Å². The van der Waals surface area contributed by atoms with Crippen LogP contribution in [0.25, 0.3) is 0 Å². The van der Waals surface area contributed by atoms with Gasteiger partial charge in [0, 0.05) is 44.2 Å². The molecule has 6 nitrogen and oxygen atoms in total. The van der Waals surface area contributed by atoms with Crippen LogP contribution >= 0.6 is 0 Å². The maximum absolute atomic E-state index is 4.48. The third-order valence-electron chi connectivity index (χ3n) is 4.37. The van der Waals surface area contributed by atoms with Crippen LogP contribution in [-0.4, -0.2) is 76.9 Å². The fourth-order valence-corrected chi connectivity index (χ4v) is 3.13. The van der Waals surface area contributed by atoms with Gasteiger partial charge in [-0.1, -0.05) is 6.92 Å². The molecule has 0 radical (unpaired) electrons. The van der Waals surface area contributed by atoms with Crippen molar-refractivity contribution >= 4 is 0 Å². The highest BCUT2D eigenvalue weighted by atomic mass is 15.3. The van der Waals surface area contributed by atoms with E-state index in [2.05, 4.69) is 60.1 Å². The average Bonchev–Trinajstić information content (AvgIpc) is 2.89. The van der Waals surface area contributed by atoms with Crippen molar-refractivity contribution in [3.63, 3.8) is 0 Å². The molecule has 2 atom stereocenters. The predicted molar refractivity (Wildman–Crippen MR) is 85.5 cm³/mol. The van der Waals surface area contributed by atoms with Crippen LogP contribution in [0.1, 0.15) is 32.6 Å². The van der Waals surface area contributed by atoms with Gasteiger partial charge in [-0.25, -0.2) is 9.67 Å². The van der Waals surface area contributed by atoms with E-state index in [-0.39, 0.29) is 0 Å². The van der Waals surface area contributed by atoms with Crippen molar-refractivity contribution in [1.82, 2.24) is 29.9 Å². The quantitative estimate of drug-likeness (QED) is 0.834. The van der Waals surface area contributed by atoms with Crippen LogP contribution in [-0.2, 0) is 6.42 Å². The molecule has 1 aromatic heterocycles. The summed E-state index contributed by atoms with van der Waals surface area (Å²) in [6, 6.07) is 1.28. The smallest absolute Gasteiger partial charge is 0.138 e.